The molecule has 0 aliphatic carbocycles. The molecule has 0 bridgehead atoms. The van der Waals surface area contributed by atoms with Gasteiger partial charge in [0.1, 0.15) is 5.75 Å². The van der Waals surface area contributed by atoms with Crippen LogP contribution in [0.15, 0.2) is 46.9 Å². The van der Waals surface area contributed by atoms with E-state index >= 15 is 0 Å². The van der Waals surface area contributed by atoms with Crippen molar-refractivity contribution in [2.24, 2.45) is 0 Å². The van der Waals surface area contributed by atoms with Crippen molar-refractivity contribution in [2.75, 3.05) is 13.2 Å². The number of benzene rings is 2. The van der Waals surface area contributed by atoms with Gasteiger partial charge in [-0.2, -0.15) is 0 Å². The Kier molecular flexibility index (Phi) is 4.48. The standard InChI is InChI=1S/C18H18BrNO2/c1-13-10-16(6-7-17(13)19)22-12-18(21)20-9-8-14-4-2-3-5-15(14)11-20/h2-7,10H,8-9,11-12H2,1H3. The van der Waals surface area contributed by atoms with Gasteiger partial charge in [0.2, 0.25) is 0 Å². The number of halogens is 1. The van der Waals surface area contributed by atoms with E-state index in [2.05, 4.69) is 34.1 Å². The predicted octanol–water partition coefficient (Wildman–Crippen LogP) is 3.72. The third kappa shape index (κ3) is 3.33. The van der Waals surface area contributed by atoms with E-state index in [4.69, 9.17) is 4.74 Å². The largest absolute Gasteiger partial charge is 0.484 e. The molecule has 0 fully saturated rings. The molecule has 2 aromatic rings. The number of nitrogens with zero attached hydrogens (tertiary/aromatic N) is 1. The summed E-state index contributed by atoms with van der Waals surface area (Å²) in [7, 11) is 0. The number of hydrogen-bond donors (Lipinski definition) is 0. The maximum Gasteiger partial charge on any atom is 0.260 e. The molecule has 0 unspecified atom stereocenters. The minimum atomic E-state index is 0.0371. The van der Waals surface area contributed by atoms with Crippen molar-refractivity contribution in [2.45, 2.75) is 19.9 Å². The van der Waals surface area contributed by atoms with Crippen LogP contribution in [0, 0.1) is 6.92 Å². The van der Waals surface area contributed by atoms with Crippen molar-refractivity contribution in [1.29, 1.82) is 0 Å². The van der Waals surface area contributed by atoms with Crippen molar-refractivity contribution in [3.63, 3.8) is 0 Å². The molecule has 4 heteroatoms. The Morgan fingerprint density at radius 2 is 2.00 bits per heavy atom. The zero-order chi connectivity index (χ0) is 15.5. The molecule has 0 saturated heterocycles. The molecule has 0 aromatic heterocycles. The quantitative estimate of drug-likeness (QED) is 0.835. The Balaban J connectivity index is 1.60. The monoisotopic (exact) mass is 359 g/mol. The molecule has 22 heavy (non-hydrogen) atoms. The fourth-order valence-corrected chi connectivity index (χ4v) is 2.90. The summed E-state index contributed by atoms with van der Waals surface area (Å²) < 4.78 is 6.67. The van der Waals surface area contributed by atoms with E-state index in [0.29, 0.717) is 6.54 Å². The van der Waals surface area contributed by atoms with E-state index in [0.717, 1.165) is 28.8 Å². The first-order chi connectivity index (χ1) is 10.6. The Labute approximate surface area is 139 Å². The van der Waals surface area contributed by atoms with Gasteiger partial charge in [-0.1, -0.05) is 40.2 Å². The highest BCUT2D eigenvalue weighted by atomic mass is 79.9. The van der Waals surface area contributed by atoms with Crippen LogP contribution in [0.4, 0.5) is 0 Å². The minimum absolute atomic E-state index is 0.0371. The number of carbonyl (C=O) groups is 1. The summed E-state index contributed by atoms with van der Waals surface area (Å²) >= 11 is 3.46. The van der Waals surface area contributed by atoms with E-state index in [9.17, 15) is 4.79 Å². The van der Waals surface area contributed by atoms with Crippen LogP contribution in [0.3, 0.4) is 0 Å². The first kappa shape index (κ1) is 15.1. The maximum absolute atomic E-state index is 12.3. The van der Waals surface area contributed by atoms with Crippen LogP contribution >= 0.6 is 15.9 Å². The molecule has 3 nitrogen and oxygen atoms in total. The van der Waals surface area contributed by atoms with Crippen molar-refractivity contribution >= 4 is 21.8 Å². The third-order valence-corrected chi connectivity index (χ3v) is 4.86. The van der Waals surface area contributed by atoms with Gasteiger partial charge in [0.05, 0.1) is 0 Å². The molecule has 2 aromatic carbocycles. The topological polar surface area (TPSA) is 29.5 Å². The van der Waals surface area contributed by atoms with Gasteiger partial charge in [-0.3, -0.25) is 4.79 Å². The molecule has 0 N–H and O–H groups in total. The lowest BCUT2D eigenvalue weighted by atomic mass is 10.00. The first-order valence-corrected chi connectivity index (χ1v) is 8.16. The molecular weight excluding hydrogens is 342 g/mol. The van der Waals surface area contributed by atoms with Crippen LogP contribution in [-0.2, 0) is 17.8 Å². The van der Waals surface area contributed by atoms with Crippen LogP contribution in [0.2, 0.25) is 0 Å². The van der Waals surface area contributed by atoms with E-state index in [1.165, 1.54) is 11.1 Å². The average molecular weight is 360 g/mol. The molecule has 1 aliphatic rings. The predicted molar refractivity (Wildman–Crippen MR) is 89.9 cm³/mol. The smallest absolute Gasteiger partial charge is 0.260 e. The summed E-state index contributed by atoms with van der Waals surface area (Å²) in [5.41, 5.74) is 3.68. The lowest BCUT2D eigenvalue weighted by Crippen LogP contribution is -2.38. The molecule has 1 amide bonds. The number of rotatable bonds is 3. The van der Waals surface area contributed by atoms with Crippen LogP contribution < -0.4 is 4.74 Å². The summed E-state index contributed by atoms with van der Waals surface area (Å²) in [6.45, 7) is 3.53. The van der Waals surface area contributed by atoms with Gasteiger partial charge in [0.25, 0.3) is 5.91 Å². The summed E-state index contributed by atoms with van der Waals surface area (Å²) in [6, 6.07) is 14.0. The fourth-order valence-electron chi connectivity index (χ4n) is 2.65. The highest BCUT2D eigenvalue weighted by Gasteiger charge is 2.20. The normalized spacial score (nSPS) is 13.6. The second kappa shape index (κ2) is 6.53. The molecule has 0 spiro atoms. The Morgan fingerprint density at radius 1 is 1.23 bits per heavy atom. The number of aryl methyl sites for hydroxylation is 1. The molecular formula is C18H18BrNO2. The third-order valence-electron chi connectivity index (χ3n) is 3.98. The molecule has 1 aliphatic heterocycles. The molecule has 0 radical (unpaired) electrons. The highest BCUT2D eigenvalue weighted by Crippen LogP contribution is 2.22. The van der Waals surface area contributed by atoms with E-state index in [-0.39, 0.29) is 12.5 Å². The summed E-state index contributed by atoms with van der Waals surface area (Å²) in [5.74, 6) is 0.765. The van der Waals surface area contributed by atoms with Gasteiger partial charge in [-0.05, 0) is 48.2 Å². The second-order valence-corrected chi connectivity index (χ2v) is 6.39. The summed E-state index contributed by atoms with van der Waals surface area (Å²) in [5, 5.41) is 0. The van der Waals surface area contributed by atoms with Crippen LogP contribution in [0.5, 0.6) is 5.75 Å². The number of carbonyl (C=O) groups excluding carboxylic acids is 1. The van der Waals surface area contributed by atoms with Gasteiger partial charge in [0, 0.05) is 17.6 Å². The van der Waals surface area contributed by atoms with E-state index in [1.54, 1.807) is 0 Å². The zero-order valence-electron chi connectivity index (χ0n) is 12.5. The molecule has 114 valence electrons. The average Bonchev–Trinajstić information content (AvgIpc) is 2.55. The second-order valence-electron chi connectivity index (χ2n) is 5.53. The Bertz CT molecular complexity index is 699. The summed E-state index contributed by atoms with van der Waals surface area (Å²) in [4.78, 5) is 14.2. The van der Waals surface area contributed by atoms with Gasteiger partial charge < -0.3 is 9.64 Å². The molecule has 0 atom stereocenters. The van der Waals surface area contributed by atoms with Crippen molar-refractivity contribution in [3.8, 4) is 5.75 Å². The van der Waals surface area contributed by atoms with Crippen LogP contribution in [0.1, 0.15) is 16.7 Å². The lowest BCUT2D eigenvalue weighted by molar-refractivity contribution is -0.134. The van der Waals surface area contributed by atoms with Gasteiger partial charge in [-0.25, -0.2) is 0 Å². The van der Waals surface area contributed by atoms with Gasteiger partial charge in [0.15, 0.2) is 6.61 Å². The highest BCUT2D eigenvalue weighted by molar-refractivity contribution is 9.10. The maximum atomic E-state index is 12.3. The number of ether oxygens (including phenoxy) is 1. The molecule has 0 saturated carbocycles. The van der Waals surface area contributed by atoms with Crippen LogP contribution in [0.25, 0.3) is 0 Å². The minimum Gasteiger partial charge on any atom is -0.484 e. The van der Waals surface area contributed by atoms with Crippen LogP contribution in [-0.4, -0.2) is 24.0 Å². The van der Waals surface area contributed by atoms with Crippen molar-refractivity contribution < 1.29 is 9.53 Å². The zero-order valence-corrected chi connectivity index (χ0v) is 14.1. The van der Waals surface area contributed by atoms with Gasteiger partial charge >= 0.3 is 0 Å². The van der Waals surface area contributed by atoms with E-state index < -0.39 is 0 Å². The molecule has 1 heterocycles. The lowest BCUT2D eigenvalue weighted by Gasteiger charge is -2.28. The molecule has 3 rings (SSSR count). The number of fused-ring (bicyclic) bond motifs is 1. The van der Waals surface area contributed by atoms with Crippen molar-refractivity contribution in [1.82, 2.24) is 4.90 Å². The summed E-state index contributed by atoms with van der Waals surface area (Å²) in [6.07, 6.45) is 0.916. The van der Waals surface area contributed by atoms with Gasteiger partial charge in [-0.15, -0.1) is 0 Å². The van der Waals surface area contributed by atoms with E-state index in [1.807, 2.05) is 36.1 Å². The Hall–Kier alpha value is -1.81. The SMILES string of the molecule is Cc1cc(OCC(=O)N2CCc3ccccc3C2)ccc1Br. The van der Waals surface area contributed by atoms with Crippen molar-refractivity contribution in [3.05, 3.63) is 63.6 Å². The number of hydrogen-bond acceptors (Lipinski definition) is 2. The Morgan fingerprint density at radius 3 is 2.77 bits per heavy atom. The number of amides is 1. The first-order valence-electron chi connectivity index (χ1n) is 7.37. The fraction of sp³-hybridized carbons (Fsp3) is 0.278.